The highest BCUT2D eigenvalue weighted by atomic mass is 32.1. The number of urea groups is 1. The summed E-state index contributed by atoms with van der Waals surface area (Å²) in [6.07, 6.45) is -1.47. The third-order valence-corrected chi connectivity index (χ3v) is 10.4. The van der Waals surface area contributed by atoms with E-state index in [9.17, 15) is 53.7 Å². The van der Waals surface area contributed by atoms with Gasteiger partial charge in [0.2, 0.25) is 11.8 Å². The molecular weight excluding hydrogens is 913 g/mol. The molecule has 68 heavy (non-hydrogen) atoms. The number of thiocarbonyl (C=S) groups is 1. The van der Waals surface area contributed by atoms with Gasteiger partial charge in [0, 0.05) is 73.2 Å². The second kappa shape index (κ2) is 25.0. The quantitative estimate of drug-likeness (QED) is 0.0244. The number of carboxylic acid groups (broad SMARTS) is 4. The Labute approximate surface area is 394 Å². The number of phenolic OH excluding ortho intramolecular Hbond substituents is 1. The number of carboxylic acids is 4. The molecule has 0 fully saturated rings. The summed E-state index contributed by atoms with van der Waals surface area (Å²) in [5.74, 6) is -6.21. The monoisotopic (exact) mass is 966 g/mol. The molecule has 0 bridgehead atoms. The Morgan fingerprint density at radius 1 is 0.765 bits per heavy atom. The minimum Gasteiger partial charge on any atom is -0.508 e. The van der Waals surface area contributed by atoms with E-state index in [1.165, 1.54) is 30.3 Å². The number of fused-ring (bicyclic) bond motifs is 2. The van der Waals surface area contributed by atoms with Crippen molar-refractivity contribution >= 4 is 75.7 Å². The van der Waals surface area contributed by atoms with Crippen molar-refractivity contribution in [1.29, 1.82) is 0 Å². The van der Waals surface area contributed by atoms with Crippen molar-refractivity contribution in [2.75, 3.05) is 38.2 Å². The molecule has 2 aliphatic rings. The van der Waals surface area contributed by atoms with Gasteiger partial charge >= 0.3 is 29.9 Å². The summed E-state index contributed by atoms with van der Waals surface area (Å²) < 4.78 is 17.7. The lowest BCUT2D eigenvalue weighted by molar-refractivity contribution is -0.141. The molecule has 4 rings (SSSR count). The van der Waals surface area contributed by atoms with Gasteiger partial charge in [-0.1, -0.05) is 6.07 Å². The van der Waals surface area contributed by atoms with Crippen LogP contribution in [0.2, 0.25) is 0 Å². The summed E-state index contributed by atoms with van der Waals surface area (Å²) in [4.78, 5) is 95.0. The number of phenols is 1. The average molecular weight is 967 g/mol. The highest BCUT2D eigenvalue weighted by molar-refractivity contribution is 7.80. The predicted octanol–water partition coefficient (Wildman–Crippen LogP) is 3.32. The third kappa shape index (κ3) is 16.8. The van der Waals surface area contributed by atoms with Crippen molar-refractivity contribution in [2.45, 2.75) is 83.1 Å². The molecule has 3 atom stereocenters. The smallest absolute Gasteiger partial charge is 0.336 e. The van der Waals surface area contributed by atoms with Crippen molar-refractivity contribution in [1.82, 2.24) is 26.6 Å². The van der Waals surface area contributed by atoms with Crippen molar-refractivity contribution in [3.63, 3.8) is 0 Å². The molecular formula is C45H54N6O16S. The number of amides is 4. The van der Waals surface area contributed by atoms with Crippen LogP contribution in [0.25, 0.3) is 33.4 Å². The first-order valence-corrected chi connectivity index (χ1v) is 21.7. The molecule has 2 aromatic rings. The molecule has 366 valence electrons. The maximum absolute atomic E-state index is 12.6. The van der Waals surface area contributed by atoms with E-state index in [4.69, 9.17) is 36.3 Å². The fourth-order valence-corrected chi connectivity index (χ4v) is 6.85. The molecule has 11 N–H and O–H groups in total. The lowest BCUT2D eigenvalue weighted by atomic mass is 9.90. The maximum Gasteiger partial charge on any atom is 0.336 e. The van der Waals surface area contributed by atoms with Crippen LogP contribution in [0.5, 0.6) is 5.75 Å². The van der Waals surface area contributed by atoms with Gasteiger partial charge in [-0.15, -0.1) is 0 Å². The first-order valence-electron chi connectivity index (χ1n) is 21.3. The van der Waals surface area contributed by atoms with Gasteiger partial charge in [0.15, 0.2) is 10.5 Å². The molecule has 1 aliphatic carbocycles. The van der Waals surface area contributed by atoms with Crippen LogP contribution in [0, 0.1) is 0 Å². The molecule has 1 aliphatic heterocycles. The van der Waals surface area contributed by atoms with Gasteiger partial charge in [0.05, 0.1) is 30.5 Å². The van der Waals surface area contributed by atoms with Crippen molar-refractivity contribution in [3.05, 3.63) is 70.4 Å². The fraction of sp³-hybridized carbons (Fsp3) is 0.400. The largest absolute Gasteiger partial charge is 0.508 e. The molecule has 4 amide bonds. The summed E-state index contributed by atoms with van der Waals surface area (Å²) >= 11 is 5.49. The molecule has 0 aromatic heterocycles. The number of benzene rings is 3. The Bertz CT molecular complexity index is 2530. The first kappa shape index (κ1) is 53.2. The van der Waals surface area contributed by atoms with Gasteiger partial charge in [-0.05, 0) is 94.2 Å². The third-order valence-electron chi connectivity index (χ3n) is 10.2. The number of carbonyl (C=O) groups is 7. The molecule has 1 heterocycles. The summed E-state index contributed by atoms with van der Waals surface area (Å²) in [6.45, 7) is 6.34. The lowest BCUT2D eigenvalue weighted by Crippen LogP contribution is -2.51. The van der Waals surface area contributed by atoms with Crippen molar-refractivity contribution in [3.8, 4) is 28.2 Å². The molecule has 1 unspecified atom stereocenters. The zero-order chi connectivity index (χ0) is 50.1. The van der Waals surface area contributed by atoms with Crippen molar-refractivity contribution < 1.29 is 73.0 Å². The molecule has 0 spiro atoms. The second-order valence-corrected chi connectivity index (χ2v) is 16.5. The fourth-order valence-electron chi connectivity index (χ4n) is 6.63. The number of hydrogen-bond acceptors (Lipinski definition) is 13. The number of ether oxygens (including phenoxy) is 2. The number of hydrogen-bond donors (Lipinski definition) is 11. The number of aromatic carboxylic acids is 1. The Hall–Kier alpha value is -7.37. The Morgan fingerprint density at radius 2 is 1.40 bits per heavy atom. The van der Waals surface area contributed by atoms with E-state index < -0.39 is 66.3 Å². The summed E-state index contributed by atoms with van der Waals surface area (Å²) in [5.41, 5.74) is 1.11. The van der Waals surface area contributed by atoms with Gasteiger partial charge in [0.1, 0.15) is 29.2 Å². The van der Waals surface area contributed by atoms with Gasteiger partial charge in [0.25, 0.3) is 0 Å². The number of aliphatic carboxylic acids is 3. The summed E-state index contributed by atoms with van der Waals surface area (Å²) in [5, 5.41) is 63.8. The minimum absolute atomic E-state index is 0.0186. The van der Waals surface area contributed by atoms with Crippen LogP contribution in [0.3, 0.4) is 0 Å². The van der Waals surface area contributed by atoms with Crippen molar-refractivity contribution in [2.24, 2.45) is 0 Å². The highest BCUT2D eigenvalue weighted by Gasteiger charge is 2.27. The Kier molecular flexibility index (Phi) is 19.5. The molecule has 22 nitrogen and oxygen atoms in total. The number of rotatable bonds is 26. The maximum atomic E-state index is 12.6. The van der Waals surface area contributed by atoms with Crippen LogP contribution in [-0.4, -0.2) is 129 Å². The molecule has 0 saturated carbocycles. The highest BCUT2D eigenvalue weighted by Crippen LogP contribution is 2.42. The standard InChI is InChI=1S/C45H54N6O16S/c1-24(65-19-14-37(55)47-18-17-46-36(54)12-10-32(41(60)61)50-43(64)51-33(42(62)63)11-13-38(56)57)23-66-45(2,3)15-16-48-44(68)49-25-4-7-28(31(20-25)40(58)59)39-29-8-5-26(52)21-34(29)67-35-22-27(53)6-9-30(35)39/h4-9,20-22,24,32-33,52H,10-19,23H2,1-3H3,(H,46,54)(H,47,55)(H,56,57)(H,58,59)(H,60,61)(H,62,63)(H2,48,49,68)(H2,50,51,64)/t24?,32-,33-/m0/s1. The summed E-state index contributed by atoms with van der Waals surface area (Å²) in [7, 11) is 0. The summed E-state index contributed by atoms with van der Waals surface area (Å²) in [6, 6.07) is 9.20. The van der Waals surface area contributed by atoms with Crippen LogP contribution < -0.4 is 37.3 Å². The SMILES string of the molecule is CC(COC(C)(C)CCNC(=S)Nc1ccc(-c2c3ccc(=O)cc-3oc3cc(O)ccc23)c(C(=O)O)c1)OCCC(=O)NCCNC(=O)CC[C@H](NC(=O)N[C@@H](CCC(=O)O)C(=O)O)C(=O)O. The van der Waals surface area contributed by atoms with Gasteiger partial charge in [-0.2, -0.15) is 0 Å². The van der Waals surface area contributed by atoms with Crippen LogP contribution in [0.15, 0.2) is 63.8 Å². The van der Waals surface area contributed by atoms with E-state index in [2.05, 4.69) is 26.6 Å². The van der Waals surface area contributed by atoms with E-state index in [0.29, 0.717) is 40.7 Å². The Balaban J connectivity index is 1.13. The van der Waals surface area contributed by atoms with Gasteiger partial charge in [-0.3, -0.25) is 19.2 Å². The van der Waals surface area contributed by atoms with E-state index in [1.54, 1.807) is 31.2 Å². The van der Waals surface area contributed by atoms with E-state index in [-0.39, 0.29) is 90.8 Å². The van der Waals surface area contributed by atoms with Gasteiger partial charge in [-0.25, -0.2) is 19.2 Å². The zero-order valence-corrected chi connectivity index (χ0v) is 38.2. The average Bonchev–Trinajstić information content (AvgIpc) is 3.26. The van der Waals surface area contributed by atoms with Crippen LogP contribution in [0.4, 0.5) is 10.5 Å². The second-order valence-electron chi connectivity index (χ2n) is 16.1. The first-order chi connectivity index (χ1) is 32.1. The lowest BCUT2D eigenvalue weighted by Gasteiger charge is -2.27. The molecule has 2 aromatic carbocycles. The van der Waals surface area contributed by atoms with E-state index in [1.807, 2.05) is 19.2 Å². The number of aromatic hydroxyl groups is 1. The molecule has 0 saturated heterocycles. The van der Waals surface area contributed by atoms with Crippen LogP contribution in [-0.2, 0) is 33.4 Å². The predicted molar refractivity (Wildman–Crippen MR) is 249 cm³/mol. The molecule has 23 heteroatoms. The van der Waals surface area contributed by atoms with Crippen LogP contribution in [0.1, 0.15) is 69.7 Å². The van der Waals surface area contributed by atoms with Gasteiger partial charge < -0.3 is 71.3 Å². The normalized spacial score (nSPS) is 12.6. The zero-order valence-electron chi connectivity index (χ0n) is 37.3. The van der Waals surface area contributed by atoms with Crippen LogP contribution >= 0.6 is 12.2 Å². The van der Waals surface area contributed by atoms with E-state index >= 15 is 0 Å². The molecule has 0 radical (unpaired) electrons. The van der Waals surface area contributed by atoms with E-state index in [0.717, 1.165) is 0 Å². The number of carbonyl (C=O) groups excluding carboxylic acids is 3. The minimum atomic E-state index is -1.57. The number of anilines is 1. The topological polar surface area (TPSA) is 341 Å². The number of nitrogens with one attached hydrogen (secondary N) is 6. The Morgan fingerprint density at radius 3 is 2.03 bits per heavy atom.